The van der Waals surface area contributed by atoms with Crippen molar-refractivity contribution in [2.45, 2.75) is 6.54 Å². The van der Waals surface area contributed by atoms with Crippen LogP contribution in [0.15, 0.2) is 47.3 Å². The van der Waals surface area contributed by atoms with Gasteiger partial charge in [0, 0.05) is 31.9 Å². The first kappa shape index (κ1) is 16.2. The highest BCUT2D eigenvalue weighted by Gasteiger charge is 2.09. The molecule has 0 spiro atoms. The number of nitrogens with one attached hydrogen (secondary N) is 2. The van der Waals surface area contributed by atoms with Crippen LogP contribution < -0.4 is 16.2 Å². The fourth-order valence-electron chi connectivity index (χ4n) is 2.53. The summed E-state index contributed by atoms with van der Waals surface area (Å²) in [5.41, 5.74) is 2.02. The van der Waals surface area contributed by atoms with Gasteiger partial charge in [0.05, 0.1) is 10.9 Å². The second kappa shape index (κ2) is 6.45. The zero-order valence-electron chi connectivity index (χ0n) is 13.3. The van der Waals surface area contributed by atoms with Gasteiger partial charge < -0.3 is 10.6 Å². The first-order chi connectivity index (χ1) is 11.5. The van der Waals surface area contributed by atoms with Gasteiger partial charge in [-0.05, 0) is 36.5 Å². The molecule has 2 N–H and O–H groups in total. The Labute approximate surface area is 143 Å². The maximum atomic E-state index is 13.6. The SMILES string of the molecule is Cn1c(=O)c2cc(NC(=S)NCc3ccccc3F)ccc2n1C. The first-order valence-corrected chi connectivity index (χ1v) is 7.82. The lowest BCUT2D eigenvalue weighted by molar-refractivity contribution is 0.595. The molecule has 1 heterocycles. The number of anilines is 1. The molecule has 5 nitrogen and oxygen atoms in total. The molecule has 0 bridgehead atoms. The van der Waals surface area contributed by atoms with E-state index in [4.69, 9.17) is 12.2 Å². The molecule has 0 aliphatic rings. The van der Waals surface area contributed by atoms with Gasteiger partial charge in [-0.25, -0.2) is 4.39 Å². The molecule has 0 unspecified atom stereocenters. The van der Waals surface area contributed by atoms with E-state index in [0.717, 1.165) is 5.52 Å². The molecular weight excluding hydrogens is 327 g/mol. The summed E-state index contributed by atoms with van der Waals surface area (Å²) in [6.07, 6.45) is 0. The van der Waals surface area contributed by atoms with E-state index in [1.807, 2.05) is 19.2 Å². The van der Waals surface area contributed by atoms with E-state index < -0.39 is 0 Å². The number of thiocarbonyl (C=S) groups is 1. The summed E-state index contributed by atoms with van der Waals surface area (Å²) in [7, 11) is 3.55. The van der Waals surface area contributed by atoms with Gasteiger partial charge in [-0.3, -0.25) is 14.2 Å². The highest BCUT2D eigenvalue weighted by atomic mass is 32.1. The van der Waals surface area contributed by atoms with Crippen LogP contribution in [-0.2, 0) is 20.6 Å². The fraction of sp³-hybridized carbons (Fsp3) is 0.176. The average molecular weight is 344 g/mol. The summed E-state index contributed by atoms with van der Waals surface area (Å²) in [6, 6.07) is 12.0. The zero-order valence-corrected chi connectivity index (χ0v) is 14.2. The normalized spacial score (nSPS) is 10.8. The molecule has 124 valence electrons. The van der Waals surface area contributed by atoms with E-state index in [1.54, 1.807) is 40.7 Å². The van der Waals surface area contributed by atoms with Crippen molar-refractivity contribution in [2.24, 2.45) is 14.1 Å². The predicted octanol–water partition coefficient (Wildman–Crippen LogP) is 2.50. The fourth-order valence-corrected chi connectivity index (χ4v) is 2.72. The van der Waals surface area contributed by atoms with E-state index in [9.17, 15) is 9.18 Å². The number of fused-ring (bicyclic) bond motifs is 1. The summed E-state index contributed by atoms with van der Waals surface area (Å²) in [5.74, 6) is -0.276. The predicted molar refractivity (Wildman–Crippen MR) is 97.6 cm³/mol. The van der Waals surface area contributed by atoms with Crippen LogP contribution in [0.3, 0.4) is 0 Å². The van der Waals surface area contributed by atoms with Gasteiger partial charge in [-0.15, -0.1) is 0 Å². The Morgan fingerprint density at radius 2 is 1.92 bits per heavy atom. The van der Waals surface area contributed by atoms with Gasteiger partial charge in [0.2, 0.25) is 0 Å². The lowest BCUT2D eigenvalue weighted by Crippen LogP contribution is -2.28. The molecule has 7 heteroatoms. The number of hydrogen-bond acceptors (Lipinski definition) is 2. The Balaban J connectivity index is 1.73. The van der Waals surface area contributed by atoms with E-state index in [0.29, 0.717) is 21.7 Å². The Kier molecular flexibility index (Phi) is 4.35. The molecule has 3 aromatic rings. The number of aromatic nitrogens is 2. The molecule has 0 saturated heterocycles. The summed E-state index contributed by atoms with van der Waals surface area (Å²) in [6.45, 7) is 0.286. The monoisotopic (exact) mass is 344 g/mol. The van der Waals surface area contributed by atoms with Crippen LogP contribution >= 0.6 is 12.2 Å². The van der Waals surface area contributed by atoms with Crippen molar-refractivity contribution in [1.82, 2.24) is 14.7 Å². The van der Waals surface area contributed by atoms with Crippen molar-refractivity contribution in [1.29, 1.82) is 0 Å². The molecule has 0 saturated carbocycles. The van der Waals surface area contributed by atoms with Gasteiger partial charge in [-0.2, -0.15) is 0 Å². The molecule has 0 amide bonds. The van der Waals surface area contributed by atoms with Gasteiger partial charge in [0.1, 0.15) is 5.82 Å². The molecular formula is C17H17FN4OS. The number of rotatable bonds is 3. The number of benzene rings is 2. The molecule has 0 aliphatic heterocycles. The third-order valence-corrected chi connectivity index (χ3v) is 4.22. The van der Waals surface area contributed by atoms with Crippen LogP contribution in [0.1, 0.15) is 5.56 Å². The largest absolute Gasteiger partial charge is 0.358 e. The van der Waals surface area contributed by atoms with Crippen molar-refractivity contribution in [2.75, 3.05) is 5.32 Å². The van der Waals surface area contributed by atoms with Crippen LogP contribution in [0.25, 0.3) is 10.9 Å². The summed E-state index contributed by atoms with van der Waals surface area (Å²) >= 11 is 5.23. The summed E-state index contributed by atoms with van der Waals surface area (Å²) < 4.78 is 16.9. The maximum absolute atomic E-state index is 13.6. The van der Waals surface area contributed by atoms with Crippen molar-refractivity contribution in [3.8, 4) is 0 Å². The zero-order chi connectivity index (χ0) is 17.3. The number of hydrogen-bond donors (Lipinski definition) is 2. The molecule has 0 aliphatic carbocycles. The number of halogens is 1. The van der Waals surface area contributed by atoms with Crippen molar-refractivity contribution in [3.63, 3.8) is 0 Å². The third-order valence-electron chi connectivity index (χ3n) is 3.97. The van der Waals surface area contributed by atoms with Crippen molar-refractivity contribution in [3.05, 3.63) is 64.2 Å². The first-order valence-electron chi connectivity index (χ1n) is 7.41. The third kappa shape index (κ3) is 3.03. The minimum Gasteiger partial charge on any atom is -0.358 e. The van der Waals surface area contributed by atoms with Gasteiger partial charge in [0.25, 0.3) is 5.56 Å². The minimum absolute atomic E-state index is 0.0682. The average Bonchev–Trinajstić information content (AvgIpc) is 2.78. The molecule has 0 atom stereocenters. The lowest BCUT2D eigenvalue weighted by atomic mass is 10.2. The molecule has 3 rings (SSSR count). The summed E-state index contributed by atoms with van der Waals surface area (Å²) in [4.78, 5) is 12.2. The highest BCUT2D eigenvalue weighted by molar-refractivity contribution is 7.80. The van der Waals surface area contributed by atoms with E-state index in [-0.39, 0.29) is 17.9 Å². The number of aryl methyl sites for hydroxylation is 1. The van der Waals surface area contributed by atoms with E-state index in [1.165, 1.54) is 6.07 Å². The Bertz CT molecular complexity index is 976. The van der Waals surface area contributed by atoms with Gasteiger partial charge >= 0.3 is 0 Å². The molecule has 0 fully saturated rings. The van der Waals surface area contributed by atoms with E-state index >= 15 is 0 Å². The topological polar surface area (TPSA) is 51.0 Å². The lowest BCUT2D eigenvalue weighted by Gasteiger charge is -2.11. The van der Waals surface area contributed by atoms with Gasteiger partial charge in [-0.1, -0.05) is 18.2 Å². The maximum Gasteiger partial charge on any atom is 0.274 e. The Morgan fingerprint density at radius 1 is 1.17 bits per heavy atom. The molecule has 1 aromatic heterocycles. The molecule has 24 heavy (non-hydrogen) atoms. The van der Waals surface area contributed by atoms with Gasteiger partial charge in [0.15, 0.2) is 5.11 Å². The second-order valence-corrected chi connectivity index (χ2v) is 5.89. The van der Waals surface area contributed by atoms with Crippen molar-refractivity contribution < 1.29 is 4.39 Å². The highest BCUT2D eigenvalue weighted by Crippen LogP contribution is 2.16. The van der Waals surface area contributed by atoms with Crippen LogP contribution in [0.5, 0.6) is 0 Å². The van der Waals surface area contributed by atoms with Crippen LogP contribution in [-0.4, -0.2) is 14.5 Å². The standard InChI is InChI=1S/C17H17FN4OS/c1-21-15-8-7-12(9-13(15)16(23)22(21)2)20-17(24)19-10-11-5-3-4-6-14(11)18/h3-9H,10H2,1-2H3,(H2,19,20,24). The smallest absolute Gasteiger partial charge is 0.274 e. The van der Waals surface area contributed by atoms with Crippen molar-refractivity contribution >= 4 is 33.9 Å². The van der Waals surface area contributed by atoms with Crippen LogP contribution in [0, 0.1) is 5.82 Å². The van der Waals surface area contributed by atoms with Crippen LogP contribution in [0.4, 0.5) is 10.1 Å². The summed E-state index contributed by atoms with van der Waals surface area (Å²) in [5, 5.41) is 6.96. The number of nitrogens with zero attached hydrogens (tertiary/aromatic N) is 2. The second-order valence-electron chi connectivity index (χ2n) is 5.48. The Morgan fingerprint density at radius 3 is 2.67 bits per heavy atom. The quantitative estimate of drug-likeness (QED) is 0.717. The van der Waals surface area contributed by atoms with E-state index in [2.05, 4.69) is 10.6 Å². The minimum atomic E-state index is -0.276. The molecule has 2 aromatic carbocycles. The molecule has 0 radical (unpaired) electrons. The Hall–Kier alpha value is -2.67. The van der Waals surface area contributed by atoms with Crippen LogP contribution in [0.2, 0.25) is 0 Å².